The molecular weight excluding hydrogens is 210 g/mol. The van der Waals surface area contributed by atoms with Crippen molar-refractivity contribution in [3.05, 3.63) is 34.3 Å². The predicted octanol–water partition coefficient (Wildman–Crippen LogP) is 2.58. The van der Waals surface area contributed by atoms with Crippen molar-refractivity contribution in [1.29, 1.82) is 0 Å². The second-order valence-electron chi connectivity index (χ2n) is 3.98. The normalized spacial score (nSPS) is 20.5. The molecule has 2 nitrogen and oxygen atoms in total. The number of carbonyl (C=O) groups is 1. The van der Waals surface area contributed by atoms with E-state index in [4.69, 9.17) is 11.6 Å². The summed E-state index contributed by atoms with van der Waals surface area (Å²) in [6.07, 6.45) is 2.01. The van der Waals surface area contributed by atoms with E-state index < -0.39 is 0 Å². The zero-order valence-electron chi connectivity index (χ0n) is 8.72. The van der Waals surface area contributed by atoms with Crippen LogP contribution in [0.1, 0.15) is 28.8 Å². The van der Waals surface area contributed by atoms with E-state index in [0.29, 0.717) is 10.6 Å². The molecule has 1 fully saturated rings. The highest BCUT2D eigenvalue weighted by atomic mass is 35.5. The van der Waals surface area contributed by atoms with Gasteiger partial charge in [0.15, 0.2) is 5.78 Å². The van der Waals surface area contributed by atoms with Crippen molar-refractivity contribution in [2.24, 2.45) is 0 Å². The maximum atomic E-state index is 12.0. The molecule has 15 heavy (non-hydrogen) atoms. The zero-order chi connectivity index (χ0) is 10.8. The van der Waals surface area contributed by atoms with Crippen LogP contribution in [0.15, 0.2) is 18.2 Å². The minimum atomic E-state index is -0.0104. The fourth-order valence-electron chi connectivity index (χ4n) is 1.86. The molecule has 1 N–H and O–H groups in total. The molecule has 1 saturated heterocycles. The minimum Gasteiger partial charge on any atom is -0.307 e. The number of aryl methyl sites for hydroxylation is 1. The van der Waals surface area contributed by atoms with E-state index in [1.807, 2.05) is 19.1 Å². The molecular formula is C12H14ClNO. The summed E-state index contributed by atoms with van der Waals surface area (Å²) in [4.78, 5) is 12.0. The Hall–Kier alpha value is -0.860. The van der Waals surface area contributed by atoms with Crippen LogP contribution in [0.2, 0.25) is 5.02 Å². The molecule has 0 amide bonds. The lowest BCUT2D eigenvalue weighted by molar-refractivity contribution is 0.0952. The molecule has 1 atom stereocenters. The highest BCUT2D eigenvalue weighted by Crippen LogP contribution is 2.19. The Bertz CT molecular complexity index is 383. The number of ketones is 1. The van der Waals surface area contributed by atoms with Gasteiger partial charge in [-0.05, 0) is 37.9 Å². The Morgan fingerprint density at radius 1 is 1.53 bits per heavy atom. The van der Waals surface area contributed by atoms with Gasteiger partial charge in [0.2, 0.25) is 0 Å². The molecule has 1 aromatic rings. The van der Waals surface area contributed by atoms with Gasteiger partial charge in [0, 0.05) is 10.6 Å². The maximum absolute atomic E-state index is 12.0. The van der Waals surface area contributed by atoms with Crippen molar-refractivity contribution < 1.29 is 4.79 Å². The number of hydrogen-bond acceptors (Lipinski definition) is 2. The van der Waals surface area contributed by atoms with Crippen LogP contribution in [0.3, 0.4) is 0 Å². The SMILES string of the molecule is Cc1ccc(C(=O)[C@@H]2CCCN2)cc1Cl. The van der Waals surface area contributed by atoms with E-state index in [1.54, 1.807) is 6.07 Å². The monoisotopic (exact) mass is 223 g/mol. The Labute approximate surface area is 94.6 Å². The van der Waals surface area contributed by atoms with Gasteiger partial charge < -0.3 is 5.32 Å². The van der Waals surface area contributed by atoms with Crippen molar-refractivity contribution in [1.82, 2.24) is 5.32 Å². The first-order valence-corrected chi connectivity index (χ1v) is 5.60. The van der Waals surface area contributed by atoms with Crippen molar-refractivity contribution in [2.75, 3.05) is 6.54 Å². The van der Waals surface area contributed by atoms with Crippen molar-refractivity contribution in [3.8, 4) is 0 Å². The van der Waals surface area contributed by atoms with Gasteiger partial charge in [-0.1, -0.05) is 23.7 Å². The second kappa shape index (κ2) is 4.33. The molecule has 1 aliphatic rings. The number of carbonyl (C=O) groups excluding carboxylic acids is 1. The van der Waals surface area contributed by atoms with Gasteiger partial charge in [-0.3, -0.25) is 4.79 Å². The second-order valence-corrected chi connectivity index (χ2v) is 4.38. The van der Waals surface area contributed by atoms with Crippen molar-refractivity contribution in [3.63, 3.8) is 0 Å². The largest absolute Gasteiger partial charge is 0.307 e. The number of nitrogens with one attached hydrogen (secondary N) is 1. The zero-order valence-corrected chi connectivity index (χ0v) is 9.47. The summed E-state index contributed by atoms with van der Waals surface area (Å²) in [5.41, 5.74) is 1.72. The molecule has 0 aromatic heterocycles. The minimum absolute atomic E-state index is 0.0104. The third-order valence-electron chi connectivity index (χ3n) is 2.83. The molecule has 0 aliphatic carbocycles. The first kappa shape index (κ1) is 10.7. The lowest BCUT2D eigenvalue weighted by Gasteiger charge is -2.09. The molecule has 1 aromatic carbocycles. The van der Waals surface area contributed by atoms with Crippen LogP contribution < -0.4 is 5.32 Å². The molecule has 80 valence electrons. The molecule has 0 radical (unpaired) electrons. The summed E-state index contributed by atoms with van der Waals surface area (Å²) in [6.45, 7) is 2.88. The highest BCUT2D eigenvalue weighted by Gasteiger charge is 2.23. The molecule has 0 spiro atoms. The summed E-state index contributed by atoms with van der Waals surface area (Å²) in [5, 5.41) is 3.86. The molecule has 3 heteroatoms. The molecule has 2 rings (SSSR count). The van der Waals surface area contributed by atoms with E-state index in [9.17, 15) is 4.79 Å². The fourth-order valence-corrected chi connectivity index (χ4v) is 2.04. The average Bonchev–Trinajstić information content (AvgIpc) is 2.74. The van der Waals surface area contributed by atoms with Crippen LogP contribution in [-0.4, -0.2) is 18.4 Å². The number of benzene rings is 1. The van der Waals surface area contributed by atoms with Crippen LogP contribution in [-0.2, 0) is 0 Å². The lowest BCUT2D eigenvalue weighted by Crippen LogP contribution is -2.30. The highest BCUT2D eigenvalue weighted by molar-refractivity contribution is 6.31. The fraction of sp³-hybridized carbons (Fsp3) is 0.417. The Morgan fingerprint density at radius 2 is 2.33 bits per heavy atom. The molecule has 0 bridgehead atoms. The van der Waals surface area contributed by atoms with Crippen LogP contribution in [0.25, 0.3) is 0 Å². The van der Waals surface area contributed by atoms with Crippen LogP contribution in [0.5, 0.6) is 0 Å². The van der Waals surface area contributed by atoms with Crippen LogP contribution >= 0.6 is 11.6 Å². The first-order chi connectivity index (χ1) is 7.18. The summed E-state index contributed by atoms with van der Waals surface area (Å²) in [6, 6.07) is 5.50. The number of rotatable bonds is 2. The number of hydrogen-bond donors (Lipinski definition) is 1. The first-order valence-electron chi connectivity index (χ1n) is 5.22. The van der Waals surface area contributed by atoms with Gasteiger partial charge in [-0.2, -0.15) is 0 Å². The Balaban J connectivity index is 2.21. The average molecular weight is 224 g/mol. The Kier molecular flexibility index (Phi) is 3.08. The standard InChI is InChI=1S/C12H14ClNO/c1-8-4-5-9(7-10(8)13)12(15)11-3-2-6-14-11/h4-5,7,11,14H,2-3,6H2,1H3/t11-/m0/s1. The van der Waals surface area contributed by atoms with Crippen molar-refractivity contribution in [2.45, 2.75) is 25.8 Å². The third-order valence-corrected chi connectivity index (χ3v) is 3.24. The molecule has 1 aliphatic heterocycles. The molecule has 0 unspecified atom stereocenters. The molecule has 1 heterocycles. The summed E-state index contributed by atoms with van der Waals surface area (Å²) in [7, 11) is 0. The van der Waals surface area contributed by atoms with Gasteiger partial charge in [-0.25, -0.2) is 0 Å². The Morgan fingerprint density at radius 3 is 2.93 bits per heavy atom. The molecule has 0 saturated carbocycles. The van der Waals surface area contributed by atoms with Gasteiger partial charge in [0.1, 0.15) is 0 Å². The third kappa shape index (κ3) is 2.21. The summed E-state index contributed by atoms with van der Waals surface area (Å²) < 4.78 is 0. The summed E-state index contributed by atoms with van der Waals surface area (Å²) in [5.74, 6) is 0.161. The number of Topliss-reactive ketones (excluding diaryl/α,β-unsaturated/α-hetero) is 1. The van der Waals surface area contributed by atoms with E-state index in [2.05, 4.69) is 5.32 Å². The quantitative estimate of drug-likeness (QED) is 0.781. The van der Waals surface area contributed by atoms with Crippen LogP contribution in [0, 0.1) is 6.92 Å². The van der Waals surface area contributed by atoms with E-state index in [0.717, 1.165) is 24.9 Å². The summed E-state index contributed by atoms with van der Waals surface area (Å²) >= 11 is 5.99. The van der Waals surface area contributed by atoms with Crippen LogP contribution in [0.4, 0.5) is 0 Å². The smallest absolute Gasteiger partial charge is 0.179 e. The number of halogens is 1. The van der Waals surface area contributed by atoms with Gasteiger partial charge in [0.05, 0.1) is 6.04 Å². The topological polar surface area (TPSA) is 29.1 Å². The van der Waals surface area contributed by atoms with Gasteiger partial charge >= 0.3 is 0 Å². The van der Waals surface area contributed by atoms with Gasteiger partial charge in [-0.15, -0.1) is 0 Å². The van der Waals surface area contributed by atoms with E-state index in [1.165, 1.54) is 0 Å². The van der Waals surface area contributed by atoms with E-state index in [-0.39, 0.29) is 11.8 Å². The van der Waals surface area contributed by atoms with Gasteiger partial charge in [0.25, 0.3) is 0 Å². The maximum Gasteiger partial charge on any atom is 0.179 e. The van der Waals surface area contributed by atoms with Crippen molar-refractivity contribution >= 4 is 17.4 Å². The van der Waals surface area contributed by atoms with E-state index >= 15 is 0 Å². The predicted molar refractivity (Wildman–Crippen MR) is 61.5 cm³/mol. The lowest BCUT2D eigenvalue weighted by atomic mass is 10.0.